The van der Waals surface area contributed by atoms with E-state index in [1.807, 2.05) is 18.2 Å². The number of nitrogens with one attached hydrogen (secondary N) is 1. The molecule has 0 unspecified atom stereocenters. The molecule has 4 aromatic rings. The molecule has 3 atom stereocenters. The Bertz CT molecular complexity index is 2240. The van der Waals surface area contributed by atoms with Gasteiger partial charge in [-0.2, -0.15) is 5.26 Å². The molecule has 0 radical (unpaired) electrons. The van der Waals surface area contributed by atoms with Crippen LogP contribution in [-0.4, -0.2) is 90.8 Å². The molecule has 14 heteroatoms. The van der Waals surface area contributed by atoms with Crippen LogP contribution in [-0.2, 0) is 34.2 Å². The Labute approximate surface area is 345 Å². The molecule has 2 aliphatic rings. The maximum absolute atomic E-state index is 12.8. The van der Waals surface area contributed by atoms with E-state index in [0.29, 0.717) is 39.8 Å². The van der Waals surface area contributed by atoms with Crippen molar-refractivity contribution in [2.45, 2.75) is 83.5 Å². The van der Waals surface area contributed by atoms with E-state index in [2.05, 4.69) is 46.4 Å². The molecule has 58 heavy (non-hydrogen) atoms. The van der Waals surface area contributed by atoms with Gasteiger partial charge in [0.1, 0.15) is 41.8 Å². The average molecular weight is 831 g/mol. The summed E-state index contributed by atoms with van der Waals surface area (Å²) in [6.07, 6.45) is 6.44. The molecule has 6 rings (SSSR count). The lowest BCUT2D eigenvalue weighted by Crippen LogP contribution is -2.46. The van der Waals surface area contributed by atoms with Crippen LogP contribution in [0.2, 0.25) is 5.02 Å². The van der Waals surface area contributed by atoms with Gasteiger partial charge >= 0.3 is 0 Å². The first-order valence-corrected chi connectivity index (χ1v) is 22.1. The number of benzene rings is 3. The van der Waals surface area contributed by atoms with Crippen molar-refractivity contribution in [3.8, 4) is 34.4 Å². The number of carbonyl (C=O) groups excluding carboxylic acids is 1. The number of ether oxygens (including phenoxy) is 3. The highest BCUT2D eigenvalue weighted by Crippen LogP contribution is 2.44. The Morgan fingerprint density at radius 1 is 1.05 bits per heavy atom. The number of rotatable bonds is 18. The quantitative estimate of drug-likeness (QED) is 0.102. The van der Waals surface area contributed by atoms with Crippen LogP contribution in [0.5, 0.6) is 17.2 Å². The maximum Gasteiger partial charge on any atom is 0.167 e. The number of piperidine rings is 1. The molecular formula is C44H51ClN4O8S. The van der Waals surface area contributed by atoms with Crippen molar-refractivity contribution >= 4 is 27.2 Å². The standard InChI is InChI=1S/C44H51ClN4O8S/c1-28-34(7-5-10-40(28)55-18-6-15-49-16-13-33(51)14-17-49)35-8-4-9-37-36(35)11-12-41(37)57-43-21-42(56-26-31-19-30(22-46)23-47-24-31)32(20-38(43)45)25-48-44(29(2)50)39(52)27-58(3,53)54/h4-5,7-10,19-21,23-24,29,33,41,44,48,50-51H,6,11-18,25-27H2,1-3H3/t29-,41+,44+/m1/s1. The van der Waals surface area contributed by atoms with Crippen LogP contribution < -0.4 is 19.5 Å². The average Bonchev–Trinajstić information content (AvgIpc) is 3.60. The number of hydrogen-bond acceptors (Lipinski definition) is 12. The minimum atomic E-state index is -3.62. The Balaban J connectivity index is 1.20. The molecular weight excluding hydrogens is 780 g/mol. The number of carbonyl (C=O) groups is 1. The third-order valence-corrected chi connectivity index (χ3v) is 11.8. The highest BCUT2D eigenvalue weighted by Gasteiger charge is 2.30. The van der Waals surface area contributed by atoms with Crippen molar-refractivity contribution < 1.29 is 37.6 Å². The second kappa shape index (κ2) is 19.5. The predicted molar refractivity (Wildman–Crippen MR) is 222 cm³/mol. The molecule has 1 aromatic heterocycles. The molecule has 1 saturated heterocycles. The van der Waals surface area contributed by atoms with Gasteiger partial charge in [0.25, 0.3) is 0 Å². The Morgan fingerprint density at radius 2 is 1.81 bits per heavy atom. The Morgan fingerprint density at radius 3 is 2.55 bits per heavy atom. The van der Waals surface area contributed by atoms with Crippen LogP contribution in [0.15, 0.2) is 67.0 Å². The molecule has 0 amide bonds. The summed E-state index contributed by atoms with van der Waals surface area (Å²) in [5, 5.41) is 32.8. The summed E-state index contributed by atoms with van der Waals surface area (Å²) in [6, 6.07) is 18.4. The molecule has 0 spiro atoms. The first-order valence-electron chi connectivity index (χ1n) is 19.6. The largest absolute Gasteiger partial charge is 0.493 e. The molecule has 3 aromatic carbocycles. The number of Topliss-reactive ketones (excluding diaryl/α,β-unsaturated/α-hetero) is 1. The first kappa shape index (κ1) is 43.0. The van der Waals surface area contributed by atoms with E-state index in [4.69, 9.17) is 25.8 Å². The fraction of sp³-hybridized carbons (Fsp3) is 0.432. The fourth-order valence-electron chi connectivity index (χ4n) is 7.67. The summed E-state index contributed by atoms with van der Waals surface area (Å²) in [7, 11) is -3.62. The van der Waals surface area contributed by atoms with E-state index in [1.165, 1.54) is 18.7 Å². The lowest BCUT2D eigenvalue weighted by atomic mass is 9.93. The molecule has 0 bridgehead atoms. The smallest absolute Gasteiger partial charge is 0.167 e. The number of aromatic nitrogens is 1. The second-order valence-corrected chi connectivity index (χ2v) is 17.8. The third kappa shape index (κ3) is 11.1. The van der Waals surface area contributed by atoms with E-state index in [9.17, 15) is 28.7 Å². The van der Waals surface area contributed by atoms with E-state index in [0.717, 1.165) is 86.0 Å². The van der Waals surface area contributed by atoms with Crippen molar-refractivity contribution in [1.82, 2.24) is 15.2 Å². The van der Waals surface area contributed by atoms with E-state index in [1.54, 1.807) is 24.4 Å². The van der Waals surface area contributed by atoms with Gasteiger partial charge in [-0.15, -0.1) is 0 Å². The number of aliphatic hydroxyl groups excluding tert-OH is 2. The molecule has 2 heterocycles. The number of aliphatic hydroxyl groups is 2. The van der Waals surface area contributed by atoms with Crippen molar-refractivity contribution in [1.29, 1.82) is 5.26 Å². The van der Waals surface area contributed by atoms with Gasteiger partial charge in [-0.25, -0.2) is 8.42 Å². The summed E-state index contributed by atoms with van der Waals surface area (Å²) < 4.78 is 42.9. The monoisotopic (exact) mass is 830 g/mol. The van der Waals surface area contributed by atoms with Crippen LogP contribution in [0.1, 0.15) is 72.1 Å². The number of ketones is 1. The summed E-state index contributed by atoms with van der Waals surface area (Å²) in [5.74, 6) is 0.247. The van der Waals surface area contributed by atoms with Gasteiger partial charge in [0.05, 0.1) is 35.4 Å². The number of nitrogens with zero attached hydrogens (tertiary/aromatic N) is 3. The van der Waals surface area contributed by atoms with Gasteiger partial charge in [-0.3, -0.25) is 9.78 Å². The van der Waals surface area contributed by atoms with Crippen molar-refractivity contribution in [3.05, 3.63) is 105 Å². The van der Waals surface area contributed by atoms with E-state index >= 15 is 0 Å². The maximum atomic E-state index is 12.8. The van der Waals surface area contributed by atoms with E-state index in [-0.39, 0.29) is 25.4 Å². The summed E-state index contributed by atoms with van der Waals surface area (Å²) in [5.41, 5.74) is 7.13. The van der Waals surface area contributed by atoms with Gasteiger partial charge in [-0.1, -0.05) is 41.9 Å². The second-order valence-electron chi connectivity index (χ2n) is 15.2. The molecule has 3 N–H and O–H groups in total. The van der Waals surface area contributed by atoms with Crippen molar-refractivity contribution in [2.24, 2.45) is 0 Å². The summed E-state index contributed by atoms with van der Waals surface area (Å²) >= 11 is 6.88. The predicted octanol–water partition coefficient (Wildman–Crippen LogP) is 5.91. The zero-order valence-corrected chi connectivity index (χ0v) is 34.7. The molecule has 0 saturated carbocycles. The molecule has 308 valence electrons. The molecule has 1 aliphatic heterocycles. The Kier molecular flexibility index (Phi) is 14.4. The fourth-order valence-corrected chi connectivity index (χ4v) is 8.60. The highest BCUT2D eigenvalue weighted by atomic mass is 35.5. The number of halogens is 1. The Hall–Kier alpha value is -4.55. The minimum Gasteiger partial charge on any atom is -0.493 e. The topological polar surface area (TPSA) is 171 Å². The van der Waals surface area contributed by atoms with Crippen LogP contribution in [0.4, 0.5) is 0 Å². The van der Waals surface area contributed by atoms with Crippen molar-refractivity contribution in [3.63, 3.8) is 0 Å². The highest BCUT2D eigenvalue weighted by molar-refractivity contribution is 7.91. The molecule has 12 nitrogen and oxygen atoms in total. The first-order chi connectivity index (χ1) is 27.8. The number of fused-ring (bicyclic) bond motifs is 1. The summed E-state index contributed by atoms with van der Waals surface area (Å²) in [6.45, 7) is 6.98. The van der Waals surface area contributed by atoms with Gasteiger partial charge in [0.2, 0.25) is 0 Å². The van der Waals surface area contributed by atoms with Gasteiger partial charge < -0.3 is 34.6 Å². The van der Waals surface area contributed by atoms with Crippen molar-refractivity contribution in [2.75, 3.05) is 38.2 Å². The van der Waals surface area contributed by atoms with Crippen LogP contribution in [0.25, 0.3) is 11.1 Å². The number of pyridine rings is 1. The number of nitriles is 1. The molecule has 1 aliphatic carbocycles. The number of likely N-dealkylation sites (tertiary alicyclic amines) is 1. The van der Waals surface area contributed by atoms with Crippen LogP contribution >= 0.6 is 11.6 Å². The van der Waals surface area contributed by atoms with Gasteiger partial charge in [0.15, 0.2) is 15.6 Å². The van der Waals surface area contributed by atoms with E-state index < -0.39 is 33.5 Å². The zero-order chi connectivity index (χ0) is 41.4. The van der Waals surface area contributed by atoms with Gasteiger partial charge in [-0.05, 0) is 92.0 Å². The van der Waals surface area contributed by atoms with Crippen LogP contribution in [0.3, 0.4) is 0 Å². The zero-order valence-electron chi connectivity index (χ0n) is 33.1. The number of sulfone groups is 1. The number of hydrogen-bond donors (Lipinski definition) is 3. The lowest BCUT2D eigenvalue weighted by molar-refractivity contribution is -0.121. The van der Waals surface area contributed by atoms with Gasteiger partial charge in [0, 0.05) is 62.0 Å². The normalized spacial score (nSPS) is 16.9. The third-order valence-electron chi connectivity index (χ3n) is 10.7. The minimum absolute atomic E-state index is 0.0120. The van der Waals surface area contributed by atoms with Crippen LogP contribution in [0, 0.1) is 18.3 Å². The SMILES string of the molecule is Cc1c(OCCCN2CCC(O)CC2)cccc1-c1cccc2c1CC[C@@H]2Oc1cc(OCc2cncc(C#N)c2)c(CN[C@H](C(=O)CS(C)(=O)=O)[C@@H](C)O)cc1Cl. The lowest BCUT2D eigenvalue weighted by Gasteiger charge is -2.29. The molecule has 1 fully saturated rings. The summed E-state index contributed by atoms with van der Waals surface area (Å²) in [4.78, 5) is 19.3.